The fourth-order valence-corrected chi connectivity index (χ4v) is 2.14. The molecule has 2 aromatic carbocycles. The second-order valence-corrected chi connectivity index (χ2v) is 4.62. The molecular formula is C16H11BrO2. The lowest BCUT2D eigenvalue weighted by molar-refractivity contribution is 0.105. The highest BCUT2D eigenvalue weighted by Crippen LogP contribution is 2.28. The van der Waals surface area contributed by atoms with Gasteiger partial charge in [0.2, 0.25) is 5.78 Å². The maximum absolute atomic E-state index is 12.1. The summed E-state index contributed by atoms with van der Waals surface area (Å²) in [6.45, 7) is 0. The summed E-state index contributed by atoms with van der Waals surface area (Å²) < 4.78 is 5.95. The standard InChI is InChI=1S/C16H11BrO2/c1-19-16-13(8-5-9-14(16)17)15(18)11-10-12-6-3-2-4-7-12/h2-9H,1H3. The zero-order chi connectivity index (χ0) is 13.7. The van der Waals surface area contributed by atoms with E-state index in [0.29, 0.717) is 11.3 Å². The summed E-state index contributed by atoms with van der Waals surface area (Å²) in [5.41, 5.74) is 1.27. The minimum Gasteiger partial charge on any atom is -0.495 e. The molecular weight excluding hydrogens is 304 g/mol. The largest absolute Gasteiger partial charge is 0.495 e. The molecule has 2 rings (SSSR count). The van der Waals surface area contributed by atoms with Crippen molar-refractivity contribution in [2.24, 2.45) is 0 Å². The summed E-state index contributed by atoms with van der Waals surface area (Å²) in [7, 11) is 1.53. The van der Waals surface area contributed by atoms with E-state index in [9.17, 15) is 4.79 Å². The number of ketones is 1. The van der Waals surface area contributed by atoms with Gasteiger partial charge in [0.25, 0.3) is 0 Å². The quantitative estimate of drug-likeness (QED) is 0.624. The fraction of sp³-hybridized carbons (Fsp3) is 0.0625. The molecule has 2 nitrogen and oxygen atoms in total. The molecule has 0 saturated carbocycles. The molecule has 0 aliphatic heterocycles. The Morgan fingerprint density at radius 2 is 1.84 bits per heavy atom. The summed E-state index contributed by atoms with van der Waals surface area (Å²) >= 11 is 3.35. The van der Waals surface area contributed by atoms with Gasteiger partial charge in [-0.05, 0) is 46.1 Å². The average molecular weight is 315 g/mol. The van der Waals surface area contributed by atoms with E-state index >= 15 is 0 Å². The van der Waals surface area contributed by atoms with Crippen molar-refractivity contribution in [2.75, 3.05) is 7.11 Å². The first kappa shape index (κ1) is 13.4. The molecule has 0 radical (unpaired) electrons. The molecule has 0 unspecified atom stereocenters. The van der Waals surface area contributed by atoms with Crippen LogP contribution in [-0.2, 0) is 0 Å². The van der Waals surface area contributed by atoms with E-state index in [1.165, 1.54) is 7.11 Å². The van der Waals surface area contributed by atoms with Crippen molar-refractivity contribution in [2.45, 2.75) is 0 Å². The molecule has 0 heterocycles. The van der Waals surface area contributed by atoms with Crippen LogP contribution < -0.4 is 4.74 Å². The van der Waals surface area contributed by atoms with E-state index in [0.717, 1.165) is 10.0 Å². The predicted octanol–water partition coefficient (Wildman–Crippen LogP) is 3.69. The fourth-order valence-electron chi connectivity index (χ4n) is 1.61. The smallest absolute Gasteiger partial charge is 0.240 e. The number of benzene rings is 2. The molecule has 0 spiro atoms. The van der Waals surface area contributed by atoms with Crippen molar-refractivity contribution < 1.29 is 9.53 Å². The minimum atomic E-state index is -0.262. The Morgan fingerprint density at radius 3 is 2.53 bits per heavy atom. The van der Waals surface area contributed by atoms with Gasteiger partial charge in [-0.25, -0.2) is 0 Å². The highest BCUT2D eigenvalue weighted by Gasteiger charge is 2.12. The molecule has 3 heteroatoms. The predicted molar refractivity (Wildman–Crippen MR) is 78.3 cm³/mol. The number of para-hydroxylation sites is 1. The Balaban J connectivity index is 2.32. The van der Waals surface area contributed by atoms with Gasteiger partial charge in [0.15, 0.2) is 0 Å². The van der Waals surface area contributed by atoms with E-state index in [-0.39, 0.29) is 5.78 Å². The van der Waals surface area contributed by atoms with Gasteiger partial charge in [-0.1, -0.05) is 30.2 Å². The molecule has 0 saturated heterocycles. The van der Waals surface area contributed by atoms with Gasteiger partial charge in [-0.3, -0.25) is 4.79 Å². The molecule has 0 amide bonds. The first-order valence-corrected chi connectivity index (χ1v) is 6.45. The topological polar surface area (TPSA) is 26.3 Å². The number of hydrogen-bond donors (Lipinski definition) is 0. The van der Waals surface area contributed by atoms with Crippen LogP contribution in [0.15, 0.2) is 53.0 Å². The van der Waals surface area contributed by atoms with Crippen molar-refractivity contribution in [3.05, 3.63) is 64.1 Å². The summed E-state index contributed by atoms with van der Waals surface area (Å²) in [5, 5.41) is 0. The molecule has 0 aliphatic rings. The van der Waals surface area contributed by atoms with Crippen LogP contribution >= 0.6 is 15.9 Å². The molecule has 0 fully saturated rings. The molecule has 0 N–H and O–H groups in total. The Bertz CT molecular complexity index is 651. The van der Waals surface area contributed by atoms with Crippen molar-refractivity contribution in [1.82, 2.24) is 0 Å². The second-order valence-electron chi connectivity index (χ2n) is 3.77. The number of methoxy groups -OCH3 is 1. The number of ether oxygens (including phenoxy) is 1. The third-order valence-corrected chi connectivity index (χ3v) is 3.13. The lowest BCUT2D eigenvalue weighted by atomic mass is 10.1. The first-order valence-electron chi connectivity index (χ1n) is 5.66. The van der Waals surface area contributed by atoms with Crippen LogP contribution in [0.1, 0.15) is 15.9 Å². The van der Waals surface area contributed by atoms with Crippen LogP contribution in [0.2, 0.25) is 0 Å². The zero-order valence-electron chi connectivity index (χ0n) is 10.3. The van der Waals surface area contributed by atoms with Gasteiger partial charge in [0.1, 0.15) is 5.75 Å². The Kier molecular flexibility index (Phi) is 4.38. The van der Waals surface area contributed by atoms with Crippen molar-refractivity contribution in [1.29, 1.82) is 0 Å². The summed E-state index contributed by atoms with van der Waals surface area (Å²) in [5.74, 6) is 5.72. The van der Waals surface area contributed by atoms with Crippen molar-refractivity contribution >= 4 is 21.7 Å². The van der Waals surface area contributed by atoms with Gasteiger partial charge in [-0.15, -0.1) is 0 Å². The number of rotatable bonds is 2. The third kappa shape index (κ3) is 3.24. The van der Waals surface area contributed by atoms with Crippen LogP contribution in [0.4, 0.5) is 0 Å². The molecule has 0 aromatic heterocycles. The van der Waals surface area contributed by atoms with Crippen LogP contribution in [0.3, 0.4) is 0 Å². The number of Topliss-reactive ketones (excluding diaryl/α,β-unsaturated/α-hetero) is 1. The van der Waals surface area contributed by atoms with E-state index in [1.807, 2.05) is 36.4 Å². The Hall–Kier alpha value is -2.05. The van der Waals surface area contributed by atoms with Crippen molar-refractivity contribution in [3.8, 4) is 17.6 Å². The van der Waals surface area contributed by atoms with Gasteiger partial charge in [0.05, 0.1) is 17.1 Å². The number of halogens is 1. The van der Waals surface area contributed by atoms with Crippen LogP contribution in [0, 0.1) is 11.8 Å². The van der Waals surface area contributed by atoms with Crippen LogP contribution in [0.25, 0.3) is 0 Å². The SMILES string of the molecule is COc1c(Br)cccc1C(=O)C#Cc1ccccc1. The van der Waals surface area contributed by atoms with Gasteiger partial charge >= 0.3 is 0 Å². The summed E-state index contributed by atoms with van der Waals surface area (Å²) in [6, 6.07) is 14.7. The molecule has 19 heavy (non-hydrogen) atoms. The van der Waals surface area contributed by atoms with Gasteiger partial charge < -0.3 is 4.74 Å². The zero-order valence-corrected chi connectivity index (χ0v) is 11.9. The van der Waals surface area contributed by atoms with E-state index in [1.54, 1.807) is 12.1 Å². The van der Waals surface area contributed by atoms with Crippen LogP contribution in [0.5, 0.6) is 5.75 Å². The summed E-state index contributed by atoms with van der Waals surface area (Å²) in [4.78, 5) is 12.1. The third-order valence-electron chi connectivity index (χ3n) is 2.51. The molecule has 2 aromatic rings. The van der Waals surface area contributed by atoms with Crippen molar-refractivity contribution in [3.63, 3.8) is 0 Å². The lowest BCUT2D eigenvalue weighted by Crippen LogP contribution is -2.00. The first-order chi connectivity index (χ1) is 9.22. The van der Waals surface area contributed by atoms with Gasteiger partial charge in [0, 0.05) is 5.56 Å². The highest BCUT2D eigenvalue weighted by molar-refractivity contribution is 9.10. The molecule has 0 bridgehead atoms. The maximum Gasteiger partial charge on any atom is 0.240 e. The minimum absolute atomic E-state index is 0.262. The van der Waals surface area contributed by atoms with E-state index in [2.05, 4.69) is 27.8 Å². The normalized spacial score (nSPS) is 9.37. The second kappa shape index (κ2) is 6.21. The Labute approximate surface area is 120 Å². The van der Waals surface area contributed by atoms with Crippen LogP contribution in [-0.4, -0.2) is 12.9 Å². The maximum atomic E-state index is 12.1. The number of carbonyl (C=O) groups excluding carboxylic acids is 1. The highest BCUT2D eigenvalue weighted by atomic mass is 79.9. The molecule has 0 atom stereocenters. The average Bonchev–Trinajstić information content (AvgIpc) is 2.45. The molecule has 94 valence electrons. The summed E-state index contributed by atoms with van der Waals surface area (Å²) in [6.07, 6.45) is 0. The number of carbonyl (C=O) groups is 1. The van der Waals surface area contributed by atoms with Gasteiger partial charge in [-0.2, -0.15) is 0 Å². The molecule has 0 aliphatic carbocycles. The monoisotopic (exact) mass is 314 g/mol. The lowest BCUT2D eigenvalue weighted by Gasteiger charge is -2.06. The number of hydrogen-bond acceptors (Lipinski definition) is 2. The van der Waals surface area contributed by atoms with E-state index in [4.69, 9.17) is 4.74 Å². The van der Waals surface area contributed by atoms with E-state index < -0.39 is 0 Å². The Morgan fingerprint density at radius 1 is 1.11 bits per heavy atom.